The minimum atomic E-state index is 0.0853. The van der Waals surface area contributed by atoms with Crippen molar-refractivity contribution in [3.05, 3.63) is 93.5 Å². The Morgan fingerprint density at radius 2 is 1.77 bits per heavy atom. The van der Waals surface area contributed by atoms with Gasteiger partial charge in [0.1, 0.15) is 0 Å². The molecule has 0 bridgehead atoms. The van der Waals surface area contributed by atoms with Gasteiger partial charge in [-0.3, -0.25) is 5.32 Å². The molecule has 0 spiro atoms. The number of nitrogens with zero attached hydrogens (tertiary/aromatic N) is 2. The van der Waals surface area contributed by atoms with E-state index in [1.54, 1.807) is 23.5 Å². The van der Waals surface area contributed by atoms with E-state index in [-0.39, 0.29) is 6.04 Å². The Morgan fingerprint density at radius 1 is 0.962 bits per heavy atom. The lowest BCUT2D eigenvalue weighted by molar-refractivity contribution is 0.463. The van der Waals surface area contributed by atoms with Crippen LogP contribution in [0.4, 0.5) is 0 Å². The maximum atomic E-state index is 5.92. The summed E-state index contributed by atoms with van der Waals surface area (Å²) in [5.41, 5.74) is 2.05. The molecular formula is C20H16ClN3OS. The lowest BCUT2D eigenvalue weighted by atomic mass is 10.1. The molecule has 4 rings (SSSR count). The summed E-state index contributed by atoms with van der Waals surface area (Å²) in [6, 6.07) is 22.0. The second kappa shape index (κ2) is 7.83. The van der Waals surface area contributed by atoms with Crippen LogP contribution in [0.1, 0.15) is 22.4 Å². The zero-order valence-corrected chi connectivity index (χ0v) is 15.4. The van der Waals surface area contributed by atoms with E-state index in [4.69, 9.17) is 16.0 Å². The fourth-order valence-electron chi connectivity index (χ4n) is 2.71. The Kier molecular flexibility index (Phi) is 5.11. The van der Waals surface area contributed by atoms with Crippen LogP contribution in [0.3, 0.4) is 0 Å². The minimum absolute atomic E-state index is 0.0853. The molecule has 0 aliphatic heterocycles. The molecule has 0 saturated carbocycles. The minimum Gasteiger partial charge on any atom is -0.419 e. The molecule has 1 atom stereocenters. The topological polar surface area (TPSA) is 51.0 Å². The molecular weight excluding hydrogens is 366 g/mol. The van der Waals surface area contributed by atoms with E-state index in [1.165, 1.54) is 10.4 Å². The summed E-state index contributed by atoms with van der Waals surface area (Å²) >= 11 is 7.64. The van der Waals surface area contributed by atoms with Crippen molar-refractivity contribution >= 4 is 22.9 Å². The van der Waals surface area contributed by atoms with Gasteiger partial charge in [-0.15, -0.1) is 21.5 Å². The summed E-state index contributed by atoms with van der Waals surface area (Å²) in [5, 5.41) is 14.6. The zero-order chi connectivity index (χ0) is 17.8. The average Bonchev–Trinajstić information content (AvgIpc) is 3.36. The molecule has 2 aromatic heterocycles. The molecule has 2 heterocycles. The quantitative estimate of drug-likeness (QED) is 0.490. The third kappa shape index (κ3) is 3.85. The summed E-state index contributed by atoms with van der Waals surface area (Å²) in [6.45, 7) is 0.484. The molecule has 0 aliphatic rings. The van der Waals surface area contributed by atoms with Crippen molar-refractivity contribution in [2.45, 2.75) is 12.6 Å². The summed E-state index contributed by atoms with van der Waals surface area (Å²) in [7, 11) is 0. The van der Waals surface area contributed by atoms with Gasteiger partial charge in [-0.25, -0.2) is 0 Å². The lowest BCUT2D eigenvalue weighted by Crippen LogP contribution is -2.21. The van der Waals surface area contributed by atoms with Crippen molar-refractivity contribution in [2.75, 3.05) is 0 Å². The highest BCUT2D eigenvalue weighted by Crippen LogP contribution is 2.26. The van der Waals surface area contributed by atoms with Crippen LogP contribution in [-0.2, 0) is 6.54 Å². The highest BCUT2D eigenvalue weighted by atomic mass is 35.5. The fourth-order valence-corrected chi connectivity index (χ4v) is 3.66. The maximum Gasteiger partial charge on any atom is 0.247 e. The van der Waals surface area contributed by atoms with Crippen LogP contribution in [0, 0.1) is 0 Å². The van der Waals surface area contributed by atoms with Crippen molar-refractivity contribution in [3.63, 3.8) is 0 Å². The van der Waals surface area contributed by atoms with Crippen LogP contribution in [0.5, 0.6) is 0 Å². The van der Waals surface area contributed by atoms with Gasteiger partial charge < -0.3 is 4.42 Å². The molecule has 0 aliphatic carbocycles. The summed E-state index contributed by atoms with van der Waals surface area (Å²) < 4.78 is 5.79. The first kappa shape index (κ1) is 17.0. The highest BCUT2D eigenvalue weighted by molar-refractivity contribution is 7.10. The van der Waals surface area contributed by atoms with Gasteiger partial charge in [0, 0.05) is 15.5 Å². The molecule has 0 unspecified atom stereocenters. The predicted octanol–water partition coefficient (Wildman–Crippen LogP) is 5.33. The van der Waals surface area contributed by atoms with Crippen molar-refractivity contribution in [3.8, 4) is 11.5 Å². The average molecular weight is 382 g/mol. The Bertz CT molecular complexity index is 952. The second-order valence-corrected chi connectivity index (χ2v) is 7.16. The van der Waals surface area contributed by atoms with Gasteiger partial charge in [-0.1, -0.05) is 48.0 Å². The summed E-state index contributed by atoms with van der Waals surface area (Å²) in [6.07, 6.45) is 0. The van der Waals surface area contributed by atoms with Crippen LogP contribution >= 0.6 is 22.9 Å². The smallest absolute Gasteiger partial charge is 0.247 e. The van der Waals surface area contributed by atoms with Crippen LogP contribution in [0.2, 0.25) is 5.02 Å². The second-order valence-electron chi connectivity index (χ2n) is 5.75. The normalized spacial score (nSPS) is 12.2. The van der Waals surface area contributed by atoms with E-state index in [0.29, 0.717) is 23.3 Å². The number of halogens is 1. The van der Waals surface area contributed by atoms with Gasteiger partial charge in [0.25, 0.3) is 0 Å². The first-order valence-corrected chi connectivity index (χ1v) is 9.45. The first-order valence-electron chi connectivity index (χ1n) is 8.19. The van der Waals surface area contributed by atoms with Gasteiger partial charge in [0.05, 0.1) is 12.6 Å². The molecule has 26 heavy (non-hydrogen) atoms. The monoisotopic (exact) mass is 381 g/mol. The zero-order valence-electron chi connectivity index (χ0n) is 13.8. The largest absolute Gasteiger partial charge is 0.419 e. The van der Waals surface area contributed by atoms with Gasteiger partial charge >= 0.3 is 0 Å². The van der Waals surface area contributed by atoms with Crippen molar-refractivity contribution in [1.29, 1.82) is 0 Å². The van der Waals surface area contributed by atoms with Gasteiger partial charge in [0.2, 0.25) is 11.8 Å². The van der Waals surface area contributed by atoms with Gasteiger partial charge in [-0.2, -0.15) is 0 Å². The number of hydrogen-bond donors (Lipinski definition) is 1. The van der Waals surface area contributed by atoms with E-state index in [2.05, 4.69) is 45.2 Å². The molecule has 4 nitrogen and oxygen atoms in total. The summed E-state index contributed by atoms with van der Waals surface area (Å²) in [5.74, 6) is 1.04. The number of hydrogen-bond acceptors (Lipinski definition) is 5. The van der Waals surface area contributed by atoms with Gasteiger partial charge in [-0.05, 0) is 41.3 Å². The van der Waals surface area contributed by atoms with E-state index in [9.17, 15) is 0 Å². The Morgan fingerprint density at radius 3 is 2.50 bits per heavy atom. The standard InChI is InChI=1S/C20H16ClN3OS/c21-16-10-8-15(9-11-16)20-24-23-18(25-20)13-22-19(17-7-4-12-26-17)14-5-2-1-3-6-14/h1-12,19,22H,13H2/t19-/m0/s1. The fraction of sp³-hybridized carbons (Fsp3) is 0.100. The Balaban J connectivity index is 1.51. The Labute approximate surface area is 160 Å². The third-order valence-electron chi connectivity index (χ3n) is 3.98. The SMILES string of the molecule is Clc1ccc(-c2nnc(CN[C@@H](c3ccccc3)c3cccs3)o2)cc1. The van der Waals surface area contributed by atoms with Crippen LogP contribution in [0.15, 0.2) is 76.5 Å². The molecule has 4 aromatic rings. The molecule has 1 N–H and O–H groups in total. The van der Waals surface area contributed by atoms with Crippen molar-refractivity contribution in [2.24, 2.45) is 0 Å². The molecule has 0 amide bonds. The van der Waals surface area contributed by atoms with E-state index >= 15 is 0 Å². The lowest BCUT2D eigenvalue weighted by Gasteiger charge is -2.16. The Hall–Kier alpha value is -2.47. The number of thiophene rings is 1. The van der Waals surface area contributed by atoms with Crippen molar-refractivity contribution < 1.29 is 4.42 Å². The molecule has 6 heteroatoms. The molecule has 130 valence electrons. The van der Waals surface area contributed by atoms with E-state index < -0.39 is 0 Å². The number of nitrogens with one attached hydrogen (secondary N) is 1. The van der Waals surface area contributed by atoms with Crippen LogP contribution in [-0.4, -0.2) is 10.2 Å². The molecule has 0 saturated heterocycles. The number of aromatic nitrogens is 2. The first-order chi connectivity index (χ1) is 12.8. The third-order valence-corrected chi connectivity index (χ3v) is 5.17. The van der Waals surface area contributed by atoms with Crippen LogP contribution < -0.4 is 5.32 Å². The van der Waals surface area contributed by atoms with Crippen LogP contribution in [0.25, 0.3) is 11.5 Å². The van der Waals surface area contributed by atoms with E-state index in [0.717, 1.165) is 5.56 Å². The molecule has 2 aromatic carbocycles. The predicted molar refractivity (Wildman–Crippen MR) is 104 cm³/mol. The van der Waals surface area contributed by atoms with E-state index in [1.807, 2.05) is 30.3 Å². The summed E-state index contributed by atoms with van der Waals surface area (Å²) in [4.78, 5) is 1.24. The maximum absolute atomic E-state index is 5.92. The molecule has 0 radical (unpaired) electrons. The number of benzene rings is 2. The van der Waals surface area contributed by atoms with Gasteiger partial charge in [0.15, 0.2) is 0 Å². The van der Waals surface area contributed by atoms with Crippen molar-refractivity contribution in [1.82, 2.24) is 15.5 Å². The number of rotatable bonds is 6. The highest BCUT2D eigenvalue weighted by Gasteiger charge is 2.16. The molecule has 0 fully saturated rings.